The lowest BCUT2D eigenvalue weighted by atomic mass is 10.2. The third-order valence-corrected chi connectivity index (χ3v) is 4.58. The lowest BCUT2D eigenvalue weighted by molar-refractivity contribution is -0.139. The van der Waals surface area contributed by atoms with Gasteiger partial charge in [-0.1, -0.05) is 6.92 Å². The van der Waals surface area contributed by atoms with Gasteiger partial charge in [0, 0.05) is 19.1 Å². The van der Waals surface area contributed by atoms with Crippen molar-refractivity contribution in [1.82, 2.24) is 15.1 Å². The Bertz CT molecular complexity index is 305. The van der Waals surface area contributed by atoms with Crippen molar-refractivity contribution < 1.29 is 9.90 Å². The van der Waals surface area contributed by atoms with Gasteiger partial charge in [0.1, 0.15) is 6.04 Å². The van der Waals surface area contributed by atoms with Gasteiger partial charge in [-0.05, 0) is 58.3 Å². The Morgan fingerprint density at radius 3 is 2.75 bits per heavy atom. The van der Waals surface area contributed by atoms with Gasteiger partial charge in [0.15, 0.2) is 0 Å². The lowest BCUT2D eigenvalue weighted by Gasteiger charge is -2.24. The summed E-state index contributed by atoms with van der Waals surface area (Å²) in [5.41, 5.74) is 0. The molecule has 116 valence electrons. The van der Waals surface area contributed by atoms with Crippen LogP contribution in [0.5, 0.6) is 0 Å². The molecule has 2 aliphatic heterocycles. The van der Waals surface area contributed by atoms with Gasteiger partial charge in [-0.15, -0.1) is 0 Å². The van der Waals surface area contributed by atoms with E-state index in [0.29, 0.717) is 12.5 Å². The SMILES string of the molecule is CCCNC(CCN1CCC(N2CCCC2)C1)C(=O)O. The van der Waals surface area contributed by atoms with E-state index in [9.17, 15) is 9.90 Å². The third kappa shape index (κ3) is 4.43. The number of carboxylic acids is 1. The predicted octanol–water partition coefficient (Wildman–Crippen LogP) is 0.999. The molecule has 0 saturated carbocycles. The zero-order chi connectivity index (χ0) is 14.4. The van der Waals surface area contributed by atoms with Crippen LogP contribution in [0.3, 0.4) is 0 Å². The van der Waals surface area contributed by atoms with Gasteiger partial charge >= 0.3 is 5.97 Å². The van der Waals surface area contributed by atoms with Gasteiger partial charge in [-0.25, -0.2) is 0 Å². The highest BCUT2D eigenvalue weighted by molar-refractivity contribution is 5.73. The molecule has 2 heterocycles. The fourth-order valence-corrected chi connectivity index (χ4v) is 3.36. The molecule has 5 heteroatoms. The molecule has 20 heavy (non-hydrogen) atoms. The molecule has 0 amide bonds. The first-order chi connectivity index (χ1) is 9.70. The summed E-state index contributed by atoms with van der Waals surface area (Å²) in [6.45, 7) is 8.52. The van der Waals surface area contributed by atoms with Crippen LogP contribution in [0, 0.1) is 0 Å². The van der Waals surface area contributed by atoms with Gasteiger partial charge in [-0.3, -0.25) is 9.69 Å². The van der Waals surface area contributed by atoms with Crippen LogP contribution in [0.25, 0.3) is 0 Å². The second kappa shape index (κ2) is 7.96. The molecule has 2 fully saturated rings. The van der Waals surface area contributed by atoms with Crippen LogP contribution in [-0.4, -0.2) is 72.2 Å². The standard InChI is InChI=1S/C15H29N3O2/c1-2-7-16-14(15(19)20)6-11-17-10-5-13(12-17)18-8-3-4-9-18/h13-14,16H,2-12H2,1H3,(H,19,20). The highest BCUT2D eigenvalue weighted by atomic mass is 16.4. The fraction of sp³-hybridized carbons (Fsp3) is 0.933. The number of carboxylic acid groups (broad SMARTS) is 1. The summed E-state index contributed by atoms with van der Waals surface area (Å²) in [7, 11) is 0. The molecule has 2 rings (SSSR count). The van der Waals surface area contributed by atoms with E-state index in [1.165, 1.54) is 32.4 Å². The molecule has 2 N–H and O–H groups in total. The molecule has 2 unspecified atom stereocenters. The second-order valence-corrected chi connectivity index (χ2v) is 6.12. The zero-order valence-electron chi connectivity index (χ0n) is 12.7. The van der Waals surface area contributed by atoms with Crippen LogP contribution in [-0.2, 0) is 4.79 Å². The number of hydrogen-bond acceptors (Lipinski definition) is 4. The number of rotatable bonds is 8. The van der Waals surface area contributed by atoms with Crippen molar-refractivity contribution in [3.05, 3.63) is 0 Å². The Balaban J connectivity index is 1.69. The molecule has 2 atom stereocenters. The first-order valence-electron chi connectivity index (χ1n) is 8.13. The highest BCUT2D eigenvalue weighted by Gasteiger charge is 2.29. The minimum absolute atomic E-state index is 0.388. The molecule has 2 aliphatic rings. The molecular formula is C15H29N3O2. The Labute approximate surface area is 122 Å². The smallest absolute Gasteiger partial charge is 0.320 e. The average Bonchev–Trinajstić information content (AvgIpc) is 3.09. The van der Waals surface area contributed by atoms with E-state index in [-0.39, 0.29) is 6.04 Å². The number of likely N-dealkylation sites (tertiary alicyclic amines) is 2. The maximum atomic E-state index is 11.2. The van der Waals surface area contributed by atoms with E-state index < -0.39 is 5.97 Å². The predicted molar refractivity (Wildman–Crippen MR) is 80.0 cm³/mol. The Hall–Kier alpha value is -0.650. The molecule has 5 nitrogen and oxygen atoms in total. The second-order valence-electron chi connectivity index (χ2n) is 6.12. The van der Waals surface area contributed by atoms with Gasteiger partial charge in [0.05, 0.1) is 0 Å². The van der Waals surface area contributed by atoms with E-state index in [4.69, 9.17) is 0 Å². The molecule has 2 saturated heterocycles. The molecule has 0 radical (unpaired) electrons. The molecule has 0 aromatic carbocycles. The molecule has 0 aromatic rings. The first kappa shape index (κ1) is 15.7. The quantitative estimate of drug-likeness (QED) is 0.696. The summed E-state index contributed by atoms with van der Waals surface area (Å²) >= 11 is 0. The largest absolute Gasteiger partial charge is 0.480 e. The third-order valence-electron chi connectivity index (χ3n) is 4.58. The van der Waals surface area contributed by atoms with Gasteiger partial charge in [0.25, 0.3) is 0 Å². The van der Waals surface area contributed by atoms with Crippen molar-refractivity contribution in [1.29, 1.82) is 0 Å². The van der Waals surface area contributed by atoms with E-state index in [0.717, 1.165) is 32.6 Å². The monoisotopic (exact) mass is 283 g/mol. The van der Waals surface area contributed by atoms with Crippen LogP contribution >= 0.6 is 0 Å². The molecular weight excluding hydrogens is 254 g/mol. The summed E-state index contributed by atoms with van der Waals surface area (Å²) in [6.07, 6.45) is 5.63. The topological polar surface area (TPSA) is 55.8 Å². The summed E-state index contributed by atoms with van der Waals surface area (Å²) in [5.74, 6) is -0.714. The van der Waals surface area contributed by atoms with Crippen molar-refractivity contribution in [3.8, 4) is 0 Å². The summed E-state index contributed by atoms with van der Waals surface area (Å²) in [6, 6.07) is 0.324. The van der Waals surface area contributed by atoms with Gasteiger partial charge in [-0.2, -0.15) is 0 Å². The van der Waals surface area contributed by atoms with Crippen molar-refractivity contribution >= 4 is 5.97 Å². The average molecular weight is 283 g/mol. The van der Waals surface area contributed by atoms with E-state index >= 15 is 0 Å². The van der Waals surface area contributed by atoms with Crippen LogP contribution < -0.4 is 5.32 Å². The highest BCUT2D eigenvalue weighted by Crippen LogP contribution is 2.20. The molecule has 0 aromatic heterocycles. The Morgan fingerprint density at radius 1 is 1.35 bits per heavy atom. The van der Waals surface area contributed by atoms with Crippen molar-refractivity contribution in [3.63, 3.8) is 0 Å². The number of nitrogens with zero attached hydrogens (tertiary/aromatic N) is 2. The molecule has 0 spiro atoms. The number of aliphatic carboxylic acids is 1. The van der Waals surface area contributed by atoms with Gasteiger partial charge in [0.2, 0.25) is 0 Å². The lowest BCUT2D eigenvalue weighted by Crippen LogP contribution is -2.40. The summed E-state index contributed by atoms with van der Waals surface area (Å²) in [5, 5.41) is 12.3. The van der Waals surface area contributed by atoms with Crippen LogP contribution in [0.4, 0.5) is 0 Å². The van der Waals surface area contributed by atoms with Crippen molar-refractivity contribution in [2.24, 2.45) is 0 Å². The Morgan fingerprint density at radius 2 is 2.10 bits per heavy atom. The van der Waals surface area contributed by atoms with E-state index in [1.807, 2.05) is 0 Å². The zero-order valence-corrected chi connectivity index (χ0v) is 12.7. The van der Waals surface area contributed by atoms with Crippen LogP contribution in [0.2, 0.25) is 0 Å². The first-order valence-corrected chi connectivity index (χ1v) is 8.13. The van der Waals surface area contributed by atoms with E-state index in [2.05, 4.69) is 22.0 Å². The maximum absolute atomic E-state index is 11.2. The number of carbonyl (C=O) groups is 1. The van der Waals surface area contributed by atoms with Crippen LogP contribution in [0.15, 0.2) is 0 Å². The summed E-state index contributed by atoms with van der Waals surface area (Å²) in [4.78, 5) is 16.2. The molecule has 0 bridgehead atoms. The van der Waals surface area contributed by atoms with Crippen molar-refractivity contribution in [2.75, 3.05) is 39.3 Å². The number of hydrogen-bond donors (Lipinski definition) is 2. The normalized spacial score (nSPS) is 26.1. The van der Waals surface area contributed by atoms with Gasteiger partial charge < -0.3 is 15.3 Å². The summed E-state index contributed by atoms with van der Waals surface area (Å²) < 4.78 is 0. The van der Waals surface area contributed by atoms with Crippen molar-refractivity contribution in [2.45, 2.75) is 51.1 Å². The fourth-order valence-electron chi connectivity index (χ4n) is 3.36. The maximum Gasteiger partial charge on any atom is 0.320 e. The van der Waals surface area contributed by atoms with Crippen LogP contribution in [0.1, 0.15) is 39.0 Å². The van der Waals surface area contributed by atoms with E-state index in [1.54, 1.807) is 0 Å². The number of nitrogens with one attached hydrogen (secondary N) is 1. The Kier molecular flexibility index (Phi) is 6.26. The minimum Gasteiger partial charge on any atom is -0.480 e. The molecule has 0 aliphatic carbocycles. The minimum atomic E-state index is -0.714.